The zero-order valence-electron chi connectivity index (χ0n) is 17.2. The Morgan fingerprint density at radius 3 is 2.33 bits per heavy atom. The van der Waals surface area contributed by atoms with Crippen molar-refractivity contribution in [2.24, 2.45) is 0 Å². The average molecular weight is 405 g/mol. The summed E-state index contributed by atoms with van der Waals surface area (Å²) in [5, 5.41) is 9.00. The van der Waals surface area contributed by atoms with Crippen molar-refractivity contribution in [1.82, 2.24) is 4.90 Å². The minimum Gasteiger partial charge on any atom is -0.475 e. The van der Waals surface area contributed by atoms with Crippen LogP contribution < -0.4 is 0 Å². The summed E-state index contributed by atoms with van der Waals surface area (Å²) in [6.07, 6.45) is 1.97. The van der Waals surface area contributed by atoms with Gasteiger partial charge < -0.3 is 14.3 Å². The third-order valence-corrected chi connectivity index (χ3v) is 5.60. The second-order valence-electron chi connectivity index (χ2n) is 7.88. The molecule has 0 amide bonds. The lowest BCUT2D eigenvalue weighted by Gasteiger charge is -2.33. The number of benzene rings is 2. The maximum Gasteiger partial charge on any atom is 0.371 e. The topological polar surface area (TPSA) is 62.9 Å². The number of nitrogens with zero attached hydrogens (tertiary/aromatic N) is 1. The molecular weight excluding hydrogens is 378 g/mol. The van der Waals surface area contributed by atoms with Crippen LogP contribution in [-0.2, 0) is 11.3 Å². The lowest BCUT2D eigenvalue weighted by atomic mass is 9.99. The number of hydrogen-bond acceptors (Lipinski definition) is 4. The maximum atomic E-state index is 11.0. The van der Waals surface area contributed by atoms with E-state index < -0.39 is 5.97 Å². The van der Waals surface area contributed by atoms with Gasteiger partial charge in [-0.25, -0.2) is 4.79 Å². The number of aryl methyl sites for hydroxylation is 1. The molecule has 4 rings (SSSR count). The Morgan fingerprint density at radius 1 is 1.03 bits per heavy atom. The first-order valence-corrected chi connectivity index (χ1v) is 10.4. The van der Waals surface area contributed by atoms with Crippen LogP contribution in [-0.4, -0.2) is 35.2 Å². The Labute approximate surface area is 176 Å². The van der Waals surface area contributed by atoms with E-state index in [1.165, 1.54) is 22.8 Å². The standard InChI is InChI=1S/C25H27NO4/c1-18-7-9-20(10-8-18)24(19-5-3-2-4-6-19)30-21-13-15-26(16-14-21)17-22-11-12-23(29-22)25(27)28/h2-12,21,24H,13-17H2,1H3,(H,27,28). The summed E-state index contributed by atoms with van der Waals surface area (Å²) in [6.45, 7) is 4.50. The molecule has 2 heterocycles. The van der Waals surface area contributed by atoms with Gasteiger partial charge in [-0.3, -0.25) is 4.90 Å². The van der Waals surface area contributed by atoms with Gasteiger partial charge in [0.2, 0.25) is 5.76 Å². The summed E-state index contributed by atoms with van der Waals surface area (Å²) in [6, 6.07) is 22.2. The van der Waals surface area contributed by atoms with Crippen molar-refractivity contribution in [1.29, 1.82) is 0 Å². The van der Waals surface area contributed by atoms with Crippen molar-refractivity contribution in [2.45, 2.75) is 38.5 Å². The molecule has 1 aliphatic rings. The van der Waals surface area contributed by atoms with Crippen LogP contribution >= 0.6 is 0 Å². The monoisotopic (exact) mass is 405 g/mol. The van der Waals surface area contributed by atoms with E-state index in [4.69, 9.17) is 14.3 Å². The van der Waals surface area contributed by atoms with E-state index in [0.717, 1.165) is 25.9 Å². The summed E-state index contributed by atoms with van der Waals surface area (Å²) in [7, 11) is 0. The van der Waals surface area contributed by atoms with Crippen LogP contribution in [0.3, 0.4) is 0 Å². The van der Waals surface area contributed by atoms with Crippen LogP contribution in [0.5, 0.6) is 0 Å². The molecule has 1 aliphatic heterocycles. The molecule has 1 aromatic heterocycles. The lowest BCUT2D eigenvalue weighted by Crippen LogP contribution is -2.37. The number of aromatic carboxylic acids is 1. The van der Waals surface area contributed by atoms with Crippen molar-refractivity contribution >= 4 is 5.97 Å². The van der Waals surface area contributed by atoms with Crippen LogP contribution in [0.4, 0.5) is 0 Å². The normalized spacial score (nSPS) is 16.4. The van der Waals surface area contributed by atoms with E-state index in [1.54, 1.807) is 6.07 Å². The second kappa shape index (κ2) is 9.28. The smallest absolute Gasteiger partial charge is 0.371 e. The Bertz CT molecular complexity index is 956. The number of carbonyl (C=O) groups is 1. The van der Waals surface area contributed by atoms with E-state index in [9.17, 15) is 4.79 Å². The van der Waals surface area contributed by atoms with E-state index in [1.807, 2.05) is 6.07 Å². The van der Waals surface area contributed by atoms with Crippen molar-refractivity contribution in [3.63, 3.8) is 0 Å². The predicted molar refractivity (Wildman–Crippen MR) is 115 cm³/mol. The molecule has 1 N–H and O–H groups in total. The highest BCUT2D eigenvalue weighted by atomic mass is 16.5. The lowest BCUT2D eigenvalue weighted by molar-refractivity contribution is -0.0289. The molecule has 5 nitrogen and oxygen atoms in total. The third-order valence-electron chi connectivity index (χ3n) is 5.60. The van der Waals surface area contributed by atoms with Crippen LogP contribution in [0.1, 0.15) is 52.0 Å². The first-order valence-electron chi connectivity index (χ1n) is 10.4. The Hall–Kier alpha value is -2.89. The minimum absolute atomic E-state index is 0.00739. The molecule has 156 valence electrons. The summed E-state index contributed by atoms with van der Waals surface area (Å²) in [5.41, 5.74) is 3.58. The molecule has 1 saturated heterocycles. The molecule has 0 saturated carbocycles. The molecule has 0 radical (unpaired) electrons. The number of hydrogen-bond donors (Lipinski definition) is 1. The van der Waals surface area contributed by atoms with Crippen molar-refractivity contribution in [2.75, 3.05) is 13.1 Å². The number of rotatable bonds is 7. The van der Waals surface area contributed by atoms with Gasteiger partial charge in [-0.15, -0.1) is 0 Å². The zero-order valence-corrected chi connectivity index (χ0v) is 17.2. The van der Waals surface area contributed by atoms with E-state index in [0.29, 0.717) is 12.3 Å². The van der Waals surface area contributed by atoms with Crippen LogP contribution in [0.2, 0.25) is 0 Å². The zero-order chi connectivity index (χ0) is 20.9. The van der Waals surface area contributed by atoms with Gasteiger partial charge in [0.05, 0.1) is 12.6 Å². The first-order chi connectivity index (χ1) is 14.6. The highest BCUT2D eigenvalue weighted by Crippen LogP contribution is 2.30. The van der Waals surface area contributed by atoms with Gasteiger partial charge in [-0.1, -0.05) is 60.2 Å². The van der Waals surface area contributed by atoms with E-state index in [2.05, 4.69) is 60.4 Å². The van der Waals surface area contributed by atoms with Gasteiger partial charge in [0, 0.05) is 13.1 Å². The molecule has 0 spiro atoms. The van der Waals surface area contributed by atoms with Crippen molar-refractivity contribution in [3.05, 3.63) is 94.9 Å². The van der Waals surface area contributed by atoms with Gasteiger partial charge in [-0.05, 0) is 43.0 Å². The van der Waals surface area contributed by atoms with Crippen molar-refractivity contribution in [3.8, 4) is 0 Å². The molecule has 1 fully saturated rings. The van der Waals surface area contributed by atoms with Crippen LogP contribution in [0.25, 0.3) is 0 Å². The minimum atomic E-state index is -1.03. The molecule has 30 heavy (non-hydrogen) atoms. The molecule has 1 unspecified atom stereocenters. The molecule has 0 bridgehead atoms. The molecule has 0 aliphatic carbocycles. The number of furan rings is 1. The highest BCUT2D eigenvalue weighted by molar-refractivity contribution is 5.84. The molecule has 3 aromatic rings. The average Bonchev–Trinajstić information content (AvgIpc) is 3.23. The Kier molecular flexibility index (Phi) is 6.31. The summed E-state index contributed by atoms with van der Waals surface area (Å²) < 4.78 is 12.0. The predicted octanol–water partition coefficient (Wildman–Crippen LogP) is 5.06. The largest absolute Gasteiger partial charge is 0.475 e. The number of ether oxygens (including phenoxy) is 1. The van der Waals surface area contributed by atoms with Gasteiger partial charge in [0.15, 0.2) is 0 Å². The fraction of sp³-hybridized carbons (Fsp3) is 0.320. The highest BCUT2D eigenvalue weighted by Gasteiger charge is 2.25. The Balaban J connectivity index is 1.39. The molecule has 2 aromatic carbocycles. The fourth-order valence-electron chi connectivity index (χ4n) is 3.91. The summed E-state index contributed by atoms with van der Waals surface area (Å²) >= 11 is 0. The number of piperidine rings is 1. The van der Waals surface area contributed by atoms with Gasteiger partial charge in [0.1, 0.15) is 11.9 Å². The maximum absolute atomic E-state index is 11.0. The quantitative estimate of drug-likeness (QED) is 0.595. The first kappa shape index (κ1) is 20.4. The van der Waals surface area contributed by atoms with E-state index in [-0.39, 0.29) is 18.0 Å². The van der Waals surface area contributed by atoms with Crippen LogP contribution in [0.15, 0.2) is 71.1 Å². The summed E-state index contributed by atoms with van der Waals surface area (Å²) in [5.74, 6) is -0.350. The number of likely N-dealkylation sites (tertiary alicyclic amines) is 1. The number of carboxylic acids is 1. The van der Waals surface area contributed by atoms with Crippen LogP contribution in [0, 0.1) is 6.92 Å². The fourth-order valence-corrected chi connectivity index (χ4v) is 3.91. The Morgan fingerprint density at radius 2 is 1.70 bits per heavy atom. The molecule has 5 heteroatoms. The van der Waals surface area contributed by atoms with Gasteiger partial charge >= 0.3 is 5.97 Å². The molecular formula is C25H27NO4. The SMILES string of the molecule is Cc1ccc(C(OC2CCN(Cc3ccc(C(=O)O)o3)CC2)c2ccccc2)cc1. The third kappa shape index (κ3) is 4.99. The molecule has 1 atom stereocenters. The van der Waals surface area contributed by atoms with Crippen molar-refractivity contribution < 1.29 is 19.1 Å². The van der Waals surface area contributed by atoms with Gasteiger partial charge in [0.25, 0.3) is 0 Å². The number of carboxylic acid groups (broad SMARTS) is 1. The summed E-state index contributed by atoms with van der Waals surface area (Å²) in [4.78, 5) is 13.3. The second-order valence-corrected chi connectivity index (χ2v) is 7.88. The van der Waals surface area contributed by atoms with E-state index >= 15 is 0 Å². The van der Waals surface area contributed by atoms with Gasteiger partial charge in [-0.2, -0.15) is 0 Å².